The SMILES string of the molecule is O=C(CO/N=C/c1cccs1)NC1CC1. The van der Waals surface area contributed by atoms with Gasteiger partial charge in [0, 0.05) is 10.9 Å². The summed E-state index contributed by atoms with van der Waals surface area (Å²) in [5.41, 5.74) is 0. The Morgan fingerprint density at radius 1 is 1.73 bits per heavy atom. The maximum atomic E-state index is 11.1. The molecule has 1 aliphatic carbocycles. The van der Waals surface area contributed by atoms with Gasteiger partial charge in [-0.2, -0.15) is 0 Å². The minimum atomic E-state index is -0.0965. The van der Waals surface area contributed by atoms with Gasteiger partial charge in [-0.3, -0.25) is 4.79 Å². The van der Waals surface area contributed by atoms with Crippen LogP contribution in [0, 0.1) is 0 Å². The molecule has 1 fully saturated rings. The molecule has 0 radical (unpaired) electrons. The van der Waals surface area contributed by atoms with Crippen molar-refractivity contribution in [2.75, 3.05) is 6.61 Å². The predicted octanol–water partition coefficient (Wildman–Crippen LogP) is 1.38. The van der Waals surface area contributed by atoms with E-state index in [1.165, 1.54) is 0 Å². The second-order valence-corrected chi connectivity index (χ2v) is 4.34. The highest BCUT2D eigenvalue weighted by Gasteiger charge is 2.23. The molecule has 1 saturated carbocycles. The van der Waals surface area contributed by atoms with Crippen LogP contribution in [-0.2, 0) is 9.63 Å². The van der Waals surface area contributed by atoms with E-state index in [-0.39, 0.29) is 12.5 Å². The van der Waals surface area contributed by atoms with Gasteiger partial charge in [0.15, 0.2) is 6.61 Å². The third-order valence-corrected chi connectivity index (χ3v) is 2.74. The number of nitrogens with one attached hydrogen (secondary N) is 1. The first-order chi connectivity index (χ1) is 7.34. The first kappa shape index (κ1) is 10.2. The van der Waals surface area contributed by atoms with Gasteiger partial charge in [-0.05, 0) is 24.3 Å². The fraction of sp³-hybridized carbons (Fsp3) is 0.400. The molecule has 1 aromatic heterocycles. The van der Waals surface area contributed by atoms with Crippen LogP contribution in [0.15, 0.2) is 22.7 Å². The molecule has 1 N–H and O–H groups in total. The molecule has 0 spiro atoms. The van der Waals surface area contributed by atoms with Gasteiger partial charge in [-0.1, -0.05) is 11.2 Å². The van der Waals surface area contributed by atoms with Crippen LogP contribution >= 0.6 is 11.3 Å². The van der Waals surface area contributed by atoms with Gasteiger partial charge in [-0.25, -0.2) is 0 Å². The quantitative estimate of drug-likeness (QED) is 0.606. The standard InChI is InChI=1S/C10H12N2O2S/c13-10(12-8-3-4-8)7-14-11-6-9-2-1-5-15-9/h1-2,5-6,8H,3-4,7H2,(H,12,13)/b11-6+. The largest absolute Gasteiger partial charge is 0.386 e. The lowest BCUT2D eigenvalue weighted by molar-refractivity contribution is -0.125. The van der Waals surface area contributed by atoms with E-state index in [9.17, 15) is 4.79 Å². The molecule has 1 aliphatic rings. The minimum absolute atomic E-state index is 0.00161. The van der Waals surface area contributed by atoms with E-state index in [0.717, 1.165) is 17.7 Å². The number of amides is 1. The minimum Gasteiger partial charge on any atom is -0.386 e. The first-order valence-corrected chi connectivity index (χ1v) is 5.71. The van der Waals surface area contributed by atoms with Gasteiger partial charge >= 0.3 is 0 Å². The van der Waals surface area contributed by atoms with Gasteiger partial charge in [0.2, 0.25) is 0 Å². The van der Waals surface area contributed by atoms with E-state index < -0.39 is 0 Å². The molecule has 0 aromatic carbocycles. The Hall–Kier alpha value is -1.36. The van der Waals surface area contributed by atoms with Gasteiger partial charge < -0.3 is 10.2 Å². The lowest BCUT2D eigenvalue weighted by Crippen LogP contribution is -2.28. The maximum absolute atomic E-state index is 11.1. The zero-order chi connectivity index (χ0) is 10.5. The fourth-order valence-electron chi connectivity index (χ4n) is 1.05. The van der Waals surface area contributed by atoms with Crippen molar-refractivity contribution in [3.63, 3.8) is 0 Å². The summed E-state index contributed by atoms with van der Waals surface area (Å²) >= 11 is 1.57. The highest BCUT2D eigenvalue weighted by molar-refractivity contribution is 7.11. The van der Waals surface area contributed by atoms with Crippen molar-refractivity contribution in [3.8, 4) is 0 Å². The average molecular weight is 224 g/mol. The third-order valence-electron chi connectivity index (χ3n) is 1.94. The molecule has 15 heavy (non-hydrogen) atoms. The number of thiophene rings is 1. The molecular weight excluding hydrogens is 212 g/mol. The Morgan fingerprint density at radius 2 is 2.60 bits per heavy atom. The lowest BCUT2D eigenvalue weighted by Gasteiger charge is -2.00. The van der Waals surface area contributed by atoms with Crippen LogP contribution in [0.2, 0.25) is 0 Å². The monoisotopic (exact) mass is 224 g/mol. The van der Waals surface area contributed by atoms with Gasteiger partial charge in [0.05, 0.1) is 6.21 Å². The van der Waals surface area contributed by atoms with Crippen molar-refractivity contribution in [2.24, 2.45) is 5.16 Å². The number of oxime groups is 1. The Kier molecular flexibility index (Phi) is 3.34. The molecule has 4 nitrogen and oxygen atoms in total. The smallest absolute Gasteiger partial charge is 0.260 e. The molecule has 0 saturated heterocycles. The van der Waals surface area contributed by atoms with Gasteiger partial charge in [-0.15, -0.1) is 11.3 Å². The van der Waals surface area contributed by atoms with Crippen molar-refractivity contribution in [1.29, 1.82) is 0 Å². The van der Waals surface area contributed by atoms with Crippen LogP contribution in [0.5, 0.6) is 0 Å². The summed E-state index contributed by atoms with van der Waals surface area (Å²) in [6.45, 7) is -0.00161. The summed E-state index contributed by atoms with van der Waals surface area (Å²) in [6.07, 6.45) is 3.78. The van der Waals surface area contributed by atoms with Crippen LogP contribution in [0.3, 0.4) is 0 Å². The second kappa shape index (κ2) is 4.93. The molecular formula is C10H12N2O2S. The Labute approximate surface area is 91.9 Å². The van der Waals surface area contributed by atoms with Crippen molar-refractivity contribution in [1.82, 2.24) is 5.32 Å². The highest BCUT2D eigenvalue weighted by atomic mass is 32.1. The van der Waals surface area contributed by atoms with Crippen molar-refractivity contribution >= 4 is 23.5 Å². The van der Waals surface area contributed by atoms with E-state index in [4.69, 9.17) is 4.84 Å². The summed E-state index contributed by atoms with van der Waals surface area (Å²) in [6, 6.07) is 4.25. The Bertz CT molecular complexity index is 344. The van der Waals surface area contributed by atoms with Crippen molar-refractivity contribution < 1.29 is 9.63 Å². The van der Waals surface area contributed by atoms with Crippen LogP contribution in [0.1, 0.15) is 17.7 Å². The zero-order valence-electron chi connectivity index (χ0n) is 8.18. The number of carbonyl (C=O) groups excluding carboxylic acids is 1. The average Bonchev–Trinajstić information content (AvgIpc) is 2.87. The summed E-state index contributed by atoms with van der Waals surface area (Å²) in [7, 11) is 0. The molecule has 80 valence electrons. The molecule has 1 aromatic rings. The van der Waals surface area contributed by atoms with E-state index in [1.807, 2.05) is 17.5 Å². The van der Waals surface area contributed by atoms with Crippen LogP contribution in [0.25, 0.3) is 0 Å². The molecule has 0 bridgehead atoms. The summed E-state index contributed by atoms with van der Waals surface area (Å²) in [4.78, 5) is 17.0. The zero-order valence-corrected chi connectivity index (χ0v) is 9.00. The summed E-state index contributed by atoms with van der Waals surface area (Å²) < 4.78 is 0. The van der Waals surface area contributed by atoms with E-state index in [1.54, 1.807) is 17.6 Å². The van der Waals surface area contributed by atoms with E-state index >= 15 is 0 Å². The van der Waals surface area contributed by atoms with Crippen LogP contribution < -0.4 is 5.32 Å². The number of hydrogen-bond donors (Lipinski definition) is 1. The molecule has 5 heteroatoms. The van der Waals surface area contributed by atoms with Crippen LogP contribution in [0.4, 0.5) is 0 Å². The molecule has 1 heterocycles. The normalized spacial score (nSPS) is 15.5. The highest BCUT2D eigenvalue weighted by Crippen LogP contribution is 2.18. The molecule has 2 rings (SSSR count). The summed E-state index contributed by atoms with van der Waals surface area (Å²) in [5, 5.41) is 8.48. The number of nitrogens with zero attached hydrogens (tertiary/aromatic N) is 1. The van der Waals surface area contributed by atoms with E-state index in [2.05, 4.69) is 10.5 Å². The first-order valence-electron chi connectivity index (χ1n) is 4.83. The van der Waals surface area contributed by atoms with Crippen LogP contribution in [-0.4, -0.2) is 24.8 Å². The third kappa shape index (κ3) is 3.71. The second-order valence-electron chi connectivity index (χ2n) is 3.37. The predicted molar refractivity (Wildman–Crippen MR) is 59.0 cm³/mol. The Morgan fingerprint density at radius 3 is 3.27 bits per heavy atom. The molecule has 0 atom stereocenters. The van der Waals surface area contributed by atoms with Gasteiger partial charge in [0.1, 0.15) is 0 Å². The van der Waals surface area contributed by atoms with E-state index in [0.29, 0.717) is 6.04 Å². The molecule has 0 aliphatic heterocycles. The molecule has 1 amide bonds. The maximum Gasteiger partial charge on any atom is 0.260 e. The molecule has 0 unspecified atom stereocenters. The number of hydrogen-bond acceptors (Lipinski definition) is 4. The van der Waals surface area contributed by atoms with Crippen molar-refractivity contribution in [2.45, 2.75) is 18.9 Å². The number of rotatable bonds is 5. The van der Waals surface area contributed by atoms with Crippen molar-refractivity contribution in [3.05, 3.63) is 22.4 Å². The van der Waals surface area contributed by atoms with Gasteiger partial charge in [0.25, 0.3) is 5.91 Å². The fourth-order valence-corrected chi connectivity index (χ4v) is 1.62. The Balaban J connectivity index is 1.63. The number of carbonyl (C=O) groups is 1. The topological polar surface area (TPSA) is 50.7 Å². The summed E-state index contributed by atoms with van der Waals surface area (Å²) in [5.74, 6) is -0.0965. The lowest BCUT2D eigenvalue weighted by atomic mass is 10.5.